The third kappa shape index (κ3) is 3.31. The summed E-state index contributed by atoms with van der Waals surface area (Å²) < 4.78 is 36.2. The van der Waals surface area contributed by atoms with E-state index >= 15 is 0 Å². The number of rotatable bonds is 2. The van der Waals surface area contributed by atoms with Crippen molar-refractivity contribution in [2.75, 3.05) is 18.1 Å². The SMILES string of the molecule is C[C@H]1CS(=O)(=O)CCN1Cc1ccc(F)c(C#N)c1. The molecule has 0 unspecified atom stereocenters. The number of sulfone groups is 1. The van der Waals surface area contributed by atoms with Crippen LogP contribution in [0.5, 0.6) is 0 Å². The van der Waals surface area contributed by atoms with Crippen molar-refractivity contribution in [3.8, 4) is 6.07 Å². The van der Waals surface area contributed by atoms with Crippen LogP contribution in [0.15, 0.2) is 18.2 Å². The Morgan fingerprint density at radius 1 is 1.53 bits per heavy atom. The maximum Gasteiger partial charge on any atom is 0.153 e. The van der Waals surface area contributed by atoms with Crippen LogP contribution >= 0.6 is 0 Å². The van der Waals surface area contributed by atoms with Gasteiger partial charge in [-0.3, -0.25) is 4.90 Å². The highest BCUT2D eigenvalue weighted by molar-refractivity contribution is 7.91. The van der Waals surface area contributed by atoms with Crippen molar-refractivity contribution in [3.05, 3.63) is 35.1 Å². The predicted octanol–water partition coefficient (Wildman–Crippen LogP) is 1.32. The highest BCUT2D eigenvalue weighted by Gasteiger charge is 2.27. The number of hydrogen-bond acceptors (Lipinski definition) is 4. The smallest absolute Gasteiger partial charge is 0.153 e. The molecule has 1 saturated heterocycles. The van der Waals surface area contributed by atoms with Crippen LogP contribution in [0.4, 0.5) is 4.39 Å². The molecular formula is C13H15FN2O2S. The van der Waals surface area contributed by atoms with Gasteiger partial charge in [-0.1, -0.05) is 6.07 Å². The lowest BCUT2D eigenvalue weighted by atomic mass is 10.1. The van der Waals surface area contributed by atoms with Crippen molar-refractivity contribution in [3.63, 3.8) is 0 Å². The van der Waals surface area contributed by atoms with Crippen LogP contribution in [0.25, 0.3) is 0 Å². The molecule has 0 N–H and O–H groups in total. The molecule has 0 aromatic heterocycles. The molecule has 1 aromatic carbocycles. The summed E-state index contributed by atoms with van der Waals surface area (Å²) >= 11 is 0. The molecule has 1 aliphatic heterocycles. The van der Waals surface area contributed by atoms with E-state index in [1.165, 1.54) is 12.1 Å². The molecule has 0 spiro atoms. The van der Waals surface area contributed by atoms with Crippen LogP contribution in [-0.4, -0.2) is 37.4 Å². The summed E-state index contributed by atoms with van der Waals surface area (Å²) in [6, 6.07) is 6.17. The molecule has 19 heavy (non-hydrogen) atoms. The van der Waals surface area contributed by atoms with Crippen LogP contribution in [0.1, 0.15) is 18.1 Å². The van der Waals surface area contributed by atoms with Gasteiger partial charge in [-0.05, 0) is 24.6 Å². The third-order valence-corrected chi connectivity index (χ3v) is 5.14. The summed E-state index contributed by atoms with van der Waals surface area (Å²) in [6.07, 6.45) is 0. The van der Waals surface area contributed by atoms with Gasteiger partial charge in [-0.2, -0.15) is 5.26 Å². The standard InChI is InChI=1S/C13H15FN2O2S/c1-10-9-19(17,18)5-4-16(10)8-11-2-3-13(14)12(6-11)7-15/h2-3,6,10H,4-5,8-9H2,1H3/t10-/m0/s1. The second kappa shape index (κ2) is 5.27. The van der Waals surface area contributed by atoms with E-state index in [1.54, 1.807) is 6.07 Å². The van der Waals surface area contributed by atoms with Gasteiger partial charge >= 0.3 is 0 Å². The molecule has 1 aliphatic rings. The summed E-state index contributed by atoms with van der Waals surface area (Å²) in [5.74, 6) is -0.219. The van der Waals surface area contributed by atoms with Crippen LogP contribution in [0, 0.1) is 17.1 Å². The van der Waals surface area contributed by atoms with Gasteiger partial charge in [0.15, 0.2) is 9.84 Å². The monoisotopic (exact) mass is 282 g/mol. The number of benzene rings is 1. The predicted molar refractivity (Wildman–Crippen MR) is 69.6 cm³/mol. The Labute approximate surface area is 112 Å². The van der Waals surface area contributed by atoms with Gasteiger partial charge in [-0.25, -0.2) is 12.8 Å². The second-order valence-electron chi connectivity index (χ2n) is 4.86. The summed E-state index contributed by atoms with van der Waals surface area (Å²) in [7, 11) is -2.93. The fraction of sp³-hybridized carbons (Fsp3) is 0.462. The largest absolute Gasteiger partial charge is 0.294 e. The molecule has 1 aromatic rings. The van der Waals surface area contributed by atoms with Gasteiger partial charge in [0, 0.05) is 19.1 Å². The molecule has 0 bridgehead atoms. The molecule has 0 saturated carbocycles. The first-order valence-electron chi connectivity index (χ1n) is 6.04. The van der Waals surface area contributed by atoms with E-state index in [2.05, 4.69) is 0 Å². The Bertz CT molecular complexity index is 622. The normalized spacial score (nSPS) is 22.9. The van der Waals surface area contributed by atoms with Gasteiger partial charge < -0.3 is 0 Å². The number of nitriles is 1. The van der Waals surface area contributed by atoms with Crippen LogP contribution < -0.4 is 0 Å². The molecule has 1 fully saturated rings. The number of hydrogen-bond donors (Lipinski definition) is 0. The lowest BCUT2D eigenvalue weighted by molar-refractivity contribution is 0.218. The molecule has 0 amide bonds. The minimum Gasteiger partial charge on any atom is -0.294 e. The van der Waals surface area contributed by atoms with Crippen molar-refractivity contribution in [1.82, 2.24) is 4.90 Å². The van der Waals surface area contributed by atoms with Gasteiger partial charge in [0.2, 0.25) is 0 Å². The molecule has 1 heterocycles. The van der Waals surface area contributed by atoms with Gasteiger partial charge in [-0.15, -0.1) is 0 Å². The minimum atomic E-state index is -2.93. The maximum absolute atomic E-state index is 13.2. The summed E-state index contributed by atoms with van der Waals surface area (Å²) in [6.45, 7) is 2.87. The topological polar surface area (TPSA) is 61.2 Å². The second-order valence-corrected chi connectivity index (χ2v) is 7.09. The minimum absolute atomic E-state index is 0.0229. The Morgan fingerprint density at radius 2 is 2.26 bits per heavy atom. The van der Waals surface area contributed by atoms with Crippen molar-refractivity contribution in [1.29, 1.82) is 5.26 Å². The first-order chi connectivity index (χ1) is 8.91. The fourth-order valence-electron chi connectivity index (χ4n) is 2.26. The Balaban J connectivity index is 2.12. The van der Waals surface area contributed by atoms with E-state index in [1.807, 2.05) is 17.9 Å². The molecule has 4 nitrogen and oxygen atoms in total. The van der Waals surface area contributed by atoms with Crippen molar-refractivity contribution < 1.29 is 12.8 Å². The highest BCUT2D eigenvalue weighted by atomic mass is 32.2. The lowest BCUT2D eigenvalue weighted by Crippen LogP contribution is -2.46. The van der Waals surface area contributed by atoms with E-state index in [0.717, 1.165) is 5.56 Å². The van der Waals surface area contributed by atoms with Crippen molar-refractivity contribution in [2.24, 2.45) is 0 Å². The van der Waals surface area contributed by atoms with Crippen molar-refractivity contribution in [2.45, 2.75) is 19.5 Å². The van der Waals surface area contributed by atoms with E-state index in [9.17, 15) is 12.8 Å². The first-order valence-corrected chi connectivity index (χ1v) is 7.86. The van der Waals surface area contributed by atoms with E-state index < -0.39 is 15.7 Å². The third-order valence-electron chi connectivity index (χ3n) is 3.34. The van der Waals surface area contributed by atoms with E-state index in [-0.39, 0.29) is 23.1 Å². The van der Waals surface area contributed by atoms with Crippen molar-refractivity contribution >= 4 is 9.84 Å². The van der Waals surface area contributed by atoms with Gasteiger partial charge in [0.25, 0.3) is 0 Å². The van der Waals surface area contributed by atoms with Crippen LogP contribution in [0.3, 0.4) is 0 Å². The average molecular weight is 282 g/mol. The Kier molecular flexibility index (Phi) is 3.88. The Hall–Kier alpha value is -1.45. The van der Waals surface area contributed by atoms with Gasteiger partial charge in [0.05, 0.1) is 17.1 Å². The molecule has 0 aliphatic carbocycles. The summed E-state index contributed by atoms with van der Waals surface area (Å²) in [5.41, 5.74) is 0.846. The lowest BCUT2D eigenvalue weighted by Gasteiger charge is -2.33. The molecule has 102 valence electrons. The van der Waals surface area contributed by atoms with Crippen LogP contribution in [-0.2, 0) is 16.4 Å². The Morgan fingerprint density at radius 3 is 2.89 bits per heavy atom. The zero-order valence-electron chi connectivity index (χ0n) is 10.6. The molecule has 2 rings (SSSR count). The number of nitrogens with zero attached hydrogens (tertiary/aromatic N) is 2. The highest BCUT2D eigenvalue weighted by Crippen LogP contribution is 2.17. The zero-order valence-corrected chi connectivity index (χ0v) is 11.5. The molecule has 6 heteroatoms. The quantitative estimate of drug-likeness (QED) is 0.820. The fourth-order valence-corrected chi connectivity index (χ4v) is 3.88. The summed E-state index contributed by atoms with van der Waals surface area (Å²) in [4.78, 5) is 2.04. The molecule has 0 radical (unpaired) electrons. The number of halogens is 1. The molecule has 1 atom stereocenters. The maximum atomic E-state index is 13.2. The van der Waals surface area contributed by atoms with E-state index in [0.29, 0.717) is 13.1 Å². The average Bonchev–Trinajstić information content (AvgIpc) is 2.34. The van der Waals surface area contributed by atoms with E-state index in [4.69, 9.17) is 5.26 Å². The summed E-state index contributed by atoms with van der Waals surface area (Å²) in [5, 5.41) is 8.79. The zero-order chi connectivity index (χ0) is 14.0. The van der Waals surface area contributed by atoms with Gasteiger partial charge in [0.1, 0.15) is 11.9 Å². The molecular weight excluding hydrogens is 267 g/mol. The van der Waals surface area contributed by atoms with Crippen LogP contribution in [0.2, 0.25) is 0 Å². The first kappa shape index (κ1) is 14.0.